The molecule has 138 valence electrons. The van der Waals surface area contributed by atoms with Crippen LogP contribution in [0.1, 0.15) is 25.7 Å². The molecule has 2 aromatic rings. The number of nitrogens with one attached hydrogen (secondary N) is 2. The molecule has 2 N–H and O–H groups in total. The number of amides is 2. The van der Waals surface area contributed by atoms with Crippen molar-refractivity contribution in [1.29, 1.82) is 0 Å². The number of hydrogen-bond acceptors (Lipinski definition) is 5. The monoisotopic (exact) mass is 357 g/mol. The predicted octanol–water partition coefficient (Wildman–Crippen LogP) is 0.420. The van der Waals surface area contributed by atoms with Crippen molar-refractivity contribution in [3.63, 3.8) is 0 Å². The molecule has 8 nitrogen and oxygen atoms in total. The fourth-order valence-electron chi connectivity index (χ4n) is 3.06. The second-order valence-electron chi connectivity index (χ2n) is 6.44. The normalized spacial score (nSPS) is 14.9. The summed E-state index contributed by atoms with van der Waals surface area (Å²) >= 11 is 0. The average Bonchev–Trinajstić information content (AvgIpc) is 2.68. The molecule has 0 aliphatic carbocycles. The standard InChI is InChI=1S/C18H23N5O3/c24-16(8-11-22-9-4-1-5-10-22)20-21-17(25)12-23-13-19-15-7-3-2-6-14(15)18(23)26/h2-3,6-7,13H,1,4-5,8-12H2,(H,20,24)(H,21,25). The van der Waals surface area contributed by atoms with E-state index < -0.39 is 5.91 Å². The molecule has 2 heterocycles. The molecule has 8 heteroatoms. The van der Waals surface area contributed by atoms with Crippen molar-refractivity contribution in [2.75, 3.05) is 19.6 Å². The molecule has 1 aliphatic rings. The number of carbonyl (C=O) groups excluding carboxylic acids is 2. The lowest BCUT2D eigenvalue weighted by molar-refractivity contribution is -0.129. The van der Waals surface area contributed by atoms with Gasteiger partial charge in [-0.3, -0.25) is 29.8 Å². The van der Waals surface area contributed by atoms with Gasteiger partial charge < -0.3 is 4.90 Å². The van der Waals surface area contributed by atoms with E-state index in [9.17, 15) is 14.4 Å². The van der Waals surface area contributed by atoms with Crippen molar-refractivity contribution in [1.82, 2.24) is 25.3 Å². The number of fused-ring (bicyclic) bond motifs is 1. The molecule has 26 heavy (non-hydrogen) atoms. The molecule has 1 aliphatic heterocycles. The molecule has 0 spiro atoms. The van der Waals surface area contributed by atoms with Gasteiger partial charge in [0.25, 0.3) is 11.5 Å². The minimum atomic E-state index is -0.476. The molecule has 0 saturated carbocycles. The fraction of sp³-hybridized carbons (Fsp3) is 0.444. The van der Waals surface area contributed by atoms with Crippen molar-refractivity contribution in [2.45, 2.75) is 32.2 Å². The third-order valence-electron chi connectivity index (χ3n) is 4.49. The van der Waals surface area contributed by atoms with E-state index in [4.69, 9.17) is 0 Å². The molecular weight excluding hydrogens is 334 g/mol. The maximum absolute atomic E-state index is 12.3. The van der Waals surface area contributed by atoms with Crippen molar-refractivity contribution in [3.8, 4) is 0 Å². The SMILES string of the molecule is O=C(CCN1CCCCC1)NNC(=O)Cn1cnc2ccccc2c1=O. The van der Waals surface area contributed by atoms with E-state index in [1.54, 1.807) is 24.3 Å². The summed E-state index contributed by atoms with van der Waals surface area (Å²) in [5.74, 6) is -0.719. The summed E-state index contributed by atoms with van der Waals surface area (Å²) in [6, 6.07) is 6.95. The first-order valence-corrected chi connectivity index (χ1v) is 8.88. The topological polar surface area (TPSA) is 96.3 Å². The zero-order chi connectivity index (χ0) is 18.4. The average molecular weight is 357 g/mol. The number of carbonyl (C=O) groups is 2. The number of hydrogen-bond donors (Lipinski definition) is 2. The summed E-state index contributed by atoms with van der Waals surface area (Å²) in [6.07, 6.45) is 5.27. The quantitative estimate of drug-likeness (QED) is 0.756. The molecule has 0 atom stereocenters. The van der Waals surface area contributed by atoms with E-state index in [0.717, 1.165) is 13.1 Å². The van der Waals surface area contributed by atoms with E-state index in [0.29, 0.717) is 23.9 Å². The van der Waals surface area contributed by atoms with Gasteiger partial charge in [0.1, 0.15) is 6.54 Å². The van der Waals surface area contributed by atoms with Crippen LogP contribution in [0.3, 0.4) is 0 Å². The molecule has 1 aromatic heterocycles. The third kappa shape index (κ3) is 4.66. The first-order valence-electron chi connectivity index (χ1n) is 8.88. The second-order valence-corrected chi connectivity index (χ2v) is 6.44. The van der Waals surface area contributed by atoms with Crippen LogP contribution in [0.15, 0.2) is 35.4 Å². The van der Waals surface area contributed by atoms with Crippen LogP contribution in [-0.4, -0.2) is 45.9 Å². The Morgan fingerprint density at radius 2 is 1.77 bits per heavy atom. The second kappa shape index (κ2) is 8.57. The van der Waals surface area contributed by atoms with Crippen LogP contribution in [0, 0.1) is 0 Å². The molecule has 1 aromatic carbocycles. The Bertz CT molecular complexity index is 842. The lowest BCUT2D eigenvalue weighted by atomic mass is 10.1. The van der Waals surface area contributed by atoms with E-state index in [2.05, 4.69) is 20.7 Å². The number of rotatable bonds is 5. The van der Waals surface area contributed by atoms with Gasteiger partial charge in [-0.1, -0.05) is 18.6 Å². The van der Waals surface area contributed by atoms with Gasteiger partial charge in [0.05, 0.1) is 17.2 Å². The molecule has 0 bridgehead atoms. The summed E-state index contributed by atoms with van der Waals surface area (Å²) in [7, 11) is 0. The number of nitrogens with zero attached hydrogens (tertiary/aromatic N) is 3. The maximum atomic E-state index is 12.3. The Balaban J connectivity index is 1.47. The molecule has 1 saturated heterocycles. The lowest BCUT2D eigenvalue weighted by Crippen LogP contribution is -2.45. The van der Waals surface area contributed by atoms with Gasteiger partial charge in [-0.25, -0.2) is 4.98 Å². The molecule has 0 unspecified atom stereocenters. The zero-order valence-electron chi connectivity index (χ0n) is 14.6. The summed E-state index contributed by atoms with van der Waals surface area (Å²) in [5.41, 5.74) is 5.04. The minimum Gasteiger partial charge on any atom is -0.303 e. The van der Waals surface area contributed by atoms with Crippen LogP contribution in [-0.2, 0) is 16.1 Å². The van der Waals surface area contributed by atoms with Crippen LogP contribution in [0.5, 0.6) is 0 Å². The summed E-state index contributed by atoms with van der Waals surface area (Å²) in [4.78, 5) is 42.6. The zero-order valence-corrected chi connectivity index (χ0v) is 14.6. The Kier molecular flexibility index (Phi) is 5.96. The summed E-state index contributed by atoms with van der Waals surface area (Å²) < 4.78 is 1.22. The Hall–Kier alpha value is -2.74. The number of likely N-dealkylation sites (tertiary alicyclic amines) is 1. The summed E-state index contributed by atoms with van der Waals surface area (Å²) in [6.45, 7) is 2.54. The Morgan fingerprint density at radius 1 is 1.04 bits per heavy atom. The highest BCUT2D eigenvalue weighted by atomic mass is 16.2. The highest BCUT2D eigenvalue weighted by molar-refractivity contribution is 5.82. The molecular formula is C18H23N5O3. The molecule has 2 amide bonds. The van der Waals surface area contributed by atoms with E-state index >= 15 is 0 Å². The van der Waals surface area contributed by atoms with Gasteiger partial charge in [0, 0.05) is 13.0 Å². The van der Waals surface area contributed by atoms with Gasteiger partial charge in [-0.05, 0) is 38.1 Å². The number of aromatic nitrogens is 2. The predicted molar refractivity (Wildman–Crippen MR) is 97.2 cm³/mol. The van der Waals surface area contributed by atoms with Crippen molar-refractivity contribution in [2.24, 2.45) is 0 Å². The largest absolute Gasteiger partial charge is 0.303 e. The smallest absolute Gasteiger partial charge is 0.261 e. The lowest BCUT2D eigenvalue weighted by Gasteiger charge is -2.25. The minimum absolute atomic E-state index is 0.205. The maximum Gasteiger partial charge on any atom is 0.261 e. The molecule has 3 rings (SSSR count). The Labute approximate surface area is 151 Å². The van der Waals surface area contributed by atoms with Crippen molar-refractivity contribution in [3.05, 3.63) is 40.9 Å². The van der Waals surface area contributed by atoms with E-state index in [1.807, 2.05) is 0 Å². The van der Waals surface area contributed by atoms with Crippen molar-refractivity contribution >= 4 is 22.7 Å². The van der Waals surface area contributed by atoms with Crippen LogP contribution in [0.2, 0.25) is 0 Å². The number of hydrazine groups is 1. The number of benzene rings is 1. The van der Waals surface area contributed by atoms with Gasteiger partial charge >= 0.3 is 0 Å². The van der Waals surface area contributed by atoms with Gasteiger partial charge in [0.2, 0.25) is 5.91 Å². The van der Waals surface area contributed by atoms with E-state index in [-0.39, 0.29) is 18.0 Å². The molecule has 1 fully saturated rings. The van der Waals surface area contributed by atoms with Crippen LogP contribution in [0.25, 0.3) is 10.9 Å². The highest BCUT2D eigenvalue weighted by Crippen LogP contribution is 2.08. The third-order valence-corrected chi connectivity index (χ3v) is 4.49. The number of para-hydroxylation sites is 1. The van der Waals surface area contributed by atoms with Crippen molar-refractivity contribution < 1.29 is 9.59 Å². The highest BCUT2D eigenvalue weighted by Gasteiger charge is 2.12. The summed E-state index contributed by atoms with van der Waals surface area (Å²) in [5, 5.41) is 0.452. The van der Waals surface area contributed by atoms with Crippen LogP contribution in [0.4, 0.5) is 0 Å². The fourth-order valence-corrected chi connectivity index (χ4v) is 3.06. The first kappa shape index (κ1) is 18.1. The van der Waals surface area contributed by atoms with Crippen LogP contribution >= 0.6 is 0 Å². The van der Waals surface area contributed by atoms with Gasteiger partial charge in [-0.15, -0.1) is 0 Å². The van der Waals surface area contributed by atoms with Gasteiger partial charge in [-0.2, -0.15) is 0 Å². The van der Waals surface area contributed by atoms with E-state index in [1.165, 1.54) is 30.2 Å². The Morgan fingerprint density at radius 3 is 2.58 bits per heavy atom. The van der Waals surface area contributed by atoms with Crippen LogP contribution < -0.4 is 16.4 Å². The first-order chi connectivity index (χ1) is 12.6. The molecule has 0 radical (unpaired) electrons. The number of piperidine rings is 1. The van der Waals surface area contributed by atoms with Gasteiger partial charge in [0.15, 0.2) is 0 Å².